The first-order valence-corrected chi connectivity index (χ1v) is 13.3. The number of aromatic nitrogens is 1. The monoisotopic (exact) mass is 603 g/mol. The Morgan fingerprint density at radius 3 is 2.12 bits per heavy atom. The lowest BCUT2D eigenvalue weighted by atomic mass is 10.0. The number of fused-ring (bicyclic) bond motifs is 1. The number of primary amides is 1. The zero-order valence-corrected chi connectivity index (χ0v) is 23.2. The van der Waals surface area contributed by atoms with E-state index in [1.807, 2.05) is 0 Å². The second-order valence-electron chi connectivity index (χ2n) is 9.74. The second-order valence-corrected chi connectivity index (χ2v) is 9.74. The Hall–Kier alpha value is -5.19. The third-order valence-electron chi connectivity index (χ3n) is 6.34. The third kappa shape index (κ3) is 11.3. The summed E-state index contributed by atoms with van der Waals surface area (Å²) < 4.78 is 0. The predicted octanol–water partition coefficient (Wildman–Crippen LogP) is -2.63. The summed E-state index contributed by atoms with van der Waals surface area (Å²) in [6.07, 6.45) is 0.381. The van der Waals surface area contributed by atoms with Gasteiger partial charge in [-0.15, -0.1) is 0 Å². The van der Waals surface area contributed by atoms with E-state index in [4.69, 9.17) is 22.9 Å². The van der Waals surface area contributed by atoms with Crippen LogP contribution in [-0.2, 0) is 35.2 Å². The van der Waals surface area contributed by atoms with Crippen molar-refractivity contribution >= 4 is 52.4 Å². The van der Waals surface area contributed by atoms with Gasteiger partial charge in [-0.3, -0.25) is 29.0 Å². The van der Waals surface area contributed by atoms with Gasteiger partial charge in [0.25, 0.3) is 0 Å². The minimum Gasteiger partial charge on any atom is -0.481 e. The third-order valence-corrected chi connectivity index (χ3v) is 6.34. The van der Waals surface area contributed by atoms with Crippen LogP contribution in [0.2, 0.25) is 0 Å². The Balaban J connectivity index is 2.15. The van der Waals surface area contributed by atoms with Crippen molar-refractivity contribution in [1.29, 1.82) is 0 Å². The van der Waals surface area contributed by atoms with E-state index in [2.05, 4.69) is 25.9 Å². The lowest BCUT2D eigenvalue weighted by Gasteiger charge is -2.24. The molecule has 0 aliphatic carbocycles. The van der Waals surface area contributed by atoms with E-state index < -0.39 is 66.2 Å². The lowest BCUT2D eigenvalue weighted by molar-refractivity contribution is -0.143. The first-order valence-electron chi connectivity index (χ1n) is 13.3. The van der Waals surface area contributed by atoms with Crippen LogP contribution in [0.25, 0.3) is 10.9 Å². The van der Waals surface area contributed by atoms with Gasteiger partial charge in [-0.25, -0.2) is 4.79 Å². The molecule has 1 aromatic carbocycles. The first kappa shape index (κ1) is 34.0. The van der Waals surface area contributed by atoms with Crippen molar-refractivity contribution in [1.82, 2.24) is 20.9 Å². The molecule has 0 saturated carbocycles. The number of aliphatic carboxylic acids is 2. The van der Waals surface area contributed by atoms with Crippen LogP contribution >= 0.6 is 0 Å². The minimum absolute atomic E-state index is 0.111. The Labute approximate surface area is 245 Å². The number of rotatable bonds is 18. The molecule has 234 valence electrons. The molecule has 2 aromatic rings. The zero-order valence-electron chi connectivity index (χ0n) is 23.2. The average Bonchev–Trinajstić information content (AvgIpc) is 3.34. The number of carboxylic acids is 2. The van der Waals surface area contributed by atoms with E-state index in [0.717, 1.165) is 10.9 Å². The van der Waals surface area contributed by atoms with Gasteiger partial charge >= 0.3 is 11.9 Å². The topological polar surface area (TPSA) is 311 Å². The maximum absolute atomic E-state index is 13.2. The highest BCUT2D eigenvalue weighted by molar-refractivity contribution is 5.96. The highest BCUT2D eigenvalue weighted by Gasteiger charge is 2.32. The standard InChI is InChI=1S/C26H37N9O8/c27-15(5-3-9-31-26(29)30)22(39)34-18(11-21(37)38)24(41)33-17(7-8-20(28)36)23(40)35-19(25(42)43)10-13-12-32-16-6-2-1-4-14(13)16/h1-2,4,6,12,15,17-19,32H,3,5,7-11,27H2,(H2,28,36)(H,33,41)(H,34,39)(H,35,40)(H,37,38)(H,42,43)(H4,29,30,31). The summed E-state index contributed by atoms with van der Waals surface area (Å²) in [4.78, 5) is 80.5. The number of H-pyrrole nitrogens is 1. The van der Waals surface area contributed by atoms with Crippen LogP contribution in [0.15, 0.2) is 35.5 Å². The Bertz CT molecular complexity index is 1360. The molecule has 2 rings (SSSR count). The highest BCUT2D eigenvalue weighted by atomic mass is 16.4. The van der Waals surface area contributed by atoms with Gasteiger partial charge in [-0.1, -0.05) is 18.2 Å². The molecule has 1 aromatic heterocycles. The molecule has 0 aliphatic rings. The molecule has 14 N–H and O–H groups in total. The molecule has 0 bridgehead atoms. The van der Waals surface area contributed by atoms with Crippen LogP contribution in [0, 0.1) is 0 Å². The number of benzene rings is 1. The minimum atomic E-state index is -1.65. The summed E-state index contributed by atoms with van der Waals surface area (Å²) in [5, 5.41) is 26.7. The molecular formula is C26H37N9O8. The quantitative estimate of drug-likeness (QED) is 0.0477. The smallest absolute Gasteiger partial charge is 0.326 e. The maximum atomic E-state index is 13.2. The number of hydrogen-bond donors (Lipinski definition) is 10. The molecular weight excluding hydrogens is 566 g/mol. The largest absolute Gasteiger partial charge is 0.481 e. The van der Waals surface area contributed by atoms with E-state index in [-0.39, 0.29) is 38.2 Å². The Kier molecular flexibility index (Phi) is 12.9. The molecule has 4 atom stereocenters. The van der Waals surface area contributed by atoms with Crippen LogP contribution < -0.4 is 38.9 Å². The molecule has 0 fully saturated rings. The molecule has 1 heterocycles. The van der Waals surface area contributed by atoms with Crippen LogP contribution in [0.1, 0.15) is 37.7 Å². The fourth-order valence-electron chi connectivity index (χ4n) is 4.13. The first-order chi connectivity index (χ1) is 20.3. The van der Waals surface area contributed by atoms with Gasteiger partial charge in [-0.2, -0.15) is 0 Å². The van der Waals surface area contributed by atoms with E-state index in [9.17, 15) is 39.0 Å². The number of carbonyl (C=O) groups excluding carboxylic acids is 4. The van der Waals surface area contributed by atoms with Crippen molar-refractivity contribution in [2.45, 2.75) is 62.7 Å². The van der Waals surface area contributed by atoms with Gasteiger partial charge in [0.1, 0.15) is 18.1 Å². The number of aliphatic imine (C=N–C) groups is 1. The second kappa shape index (κ2) is 16.3. The van der Waals surface area contributed by atoms with Gasteiger partial charge < -0.3 is 54.1 Å². The van der Waals surface area contributed by atoms with E-state index in [0.29, 0.717) is 12.0 Å². The Morgan fingerprint density at radius 1 is 0.860 bits per heavy atom. The molecule has 0 spiro atoms. The summed E-state index contributed by atoms with van der Waals surface area (Å²) in [6.45, 7) is 0.191. The number of para-hydroxylation sites is 1. The molecule has 43 heavy (non-hydrogen) atoms. The molecule has 4 amide bonds. The van der Waals surface area contributed by atoms with Crippen molar-refractivity contribution < 1.29 is 39.0 Å². The lowest BCUT2D eigenvalue weighted by Crippen LogP contribution is -2.57. The fraction of sp³-hybridized carbons (Fsp3) is 0.423. The van der Waals surface area contributed by atoms with E-state index in [1.165, 1.54) is 0 Å². The average molecular weight is 604 g/mol. The maximum Gasteiger partial charge on any atom is 0.326 e. The van der Waals surface area contributed by atoms with Gasteiger partial charge in [-0.05, 0) is 30.9 Å². The van der Waals surface area contributed by atoms with Crippen LogP contribution in [-0.4, -0.2) is 87.4 Å². The van der Waals surface area contributed by atoms with Crippen molar-refractivity contribution in [3.05, 3.63) is 36.0 Å². The highest BCUT2D eigenvalue weighted by Crippen LogP contribution is 2.19. The van der Waals surface area contributed by atoms with Crippen LogP contribution in [0.3, 0.4) is 0 Å². The number of guanidine groups is 1. The van der Waals surface area contributed by atoms with Gasteiger partial charge in [0.2, 0.25) is 23.6 Å². The van der Waals surface area contributed by atoms with E-state index >= 15 is 0 Å². The van der Waals surface area contributed by atoms with Crippen LogP contribution in [0.4, 0.5) is 0 Å². The van der Waals surface area contributed by atoms with Gasteiger partial charge in [0.05, 0.1) is 12.5 Å². The SMILES string of the molecule is NC(=O)CCC(NC(=O)C(CC(=O)O)NC(=O)C(N)CCCN=C(N)N)C(=O)NC(Cc1c[nH]c2ccccc12)C(=O)O. The van der Waals surface area contributed by atoms with Crippen molar-refractivity contribution in [3.8, 4) is 0 Å². The fourth-order valence-corrected chi connectivity index (χ4v) is 4.13. The van der Waals surface area contributed by atoms with Crippen molar-refractivity contribution in [3.63, 3.8) is 0 Å². The number of nitrogens with two attached hydrogens (primary N) is 4. The molecule has 17 nitrogen and oxygen atoms in total. The van der Waals surface area contributed by atoms with Gasteiger partial charge in [0.15, 0.2) is 5.96 Å². The molecule has 0 saturated heterocycles. The Morgan fingerprint density at radius 2 is 1.49 bits per heavy atom. The predicted molar refractivity (Wildman–Crippen MR) is 154 cm³/mol. The molecule has 0 aliphatic heterocycles. The number of aromatic amines is 1. The number of hydrogen-bond acceptors (Lipinski definition) is 8. The van der Waals surface area contributed by atoms with Crippen LogP contribution in [0.5, 0.6) is 0 Å². The number of nitrogens with zero attached hydrogens (tertiary/aromatic N) is 1. The summed E-state index contributed by atoms with van der Waals surface area (Å²) in [7, 11) is 0. The summed E-state index contributed by atoms with van der Waals surface area (Å²) >= 11 is 0. The van der Waals surface area contributed by atoms with Crippen molar-refractivity contribution in [2.75, 3.05) is 6.54 Å². The summed E-state index contributed by atoms with van der Waals surface area (Å²) in [5.41, 5.74) is 22.9. The molecule has 4 unspecified atom stereocenters. The zero-order chi connectivity index (χ0) is 32.1. The normalized spacial score (nSPS) is 13.6. The number of nitrogens with one attached hydrogen (secondary N) is 4. The van der Waals surface area contributed by atoms with E-state index in [1.54, 1.807) is 30.5 Å². The number of carboxylic acid groups (broad SMARTS) is 2. The molecule has 0 radical (unpaired) electrons. The number of carbonyl (C=O) groups is 6. The summed E-state index contributed by atoms with van der Waals surface area (Å²) in [6, 6.07) is 1.45. The summed E-state index contributed by atoms with van der Waals surface area (Å²) in [5.74, 6) is -6.61. The number of amides is 4. The van der Waals surface area contributed by atoms with Crippen molar-refractivity contribution in [2.24, 2.45) is 27.9 Å². The van der Waals surface area contributed by atoms with Gasteiger partial charge in [0, 0.05) is 36.5 Å². The molecule has 17 heteroatoms.